The van der Waals surface area contributed by atoms with Crippen LogP contribution in [0, 0.1) is 22.1 Å². The van der Waals surface area contributed by atoms with Crippen LogP contribution in [0.4, 0.5) is 0 Å². The summed E-state index contributed by atoms with van der Waals surface area (Å²) in [6, 6.07) is 27.3. The maximum Gasteiger partial charge on any atom is 0.374 e. The zero-order valence-electron chi connectivity index (χ0n) is 17.7. The van der Waals surface area contributed by atoms with Crippen LogP contribution in [0.2, 0.25) is 0 Å². The molecular weight excluding hydrogens is 418 g/mol. The minimum absolute atomic E-state index is 0.0201. The number of carbonyl (C=O) groups excluding carboxylic acids is 2. The lowest BCUT2D eigenvalue weighted by molar-refractivity contribution is -0.203. The molecule has 2 N–H and O–H groups in total. The Balaban J connectivity index is 1.82. The molecule has 0 amide bonds. The first kappa shape index (κ1) is 23.1. The van der Waals surface area contributed by atoms with Gasteiger partial charge in [-0.25, -0.2) is 9.59 Å². The SMILES string of the molecule is N#CC(OC(=O)C(=N)Cc1ccccc1)(OC(=O)C(=N)Cc1ccccc1)c1ccccc1. The minimum Gasteiger partial charge on any atom is -0.401 e. The maximum absolute atomic E-state index is 12.7. The molecule has 0 unspecified atom stereocenters. The highest BCUT2D eigenvalue weighted by Crippen LogP contribution is 2.28. The molecule has 7 nitrogen and oxygen atoms in total. The lowest BCUT2D eigenvalue weighted by Gasteiger charge is -2.26. The second-order valence-electron chi connectivity index (χ2n) is 7.16. The molecule has 0 atom stereocenters. The lowest BCUT2D eigenvalue weighted by Crippen LogP contribution is -2.40. The minimum atomic E-state index is -2.44. The summed E-state index contributed by atoms with van der Waals surface area (Å²) in [7, 11) is 0. The molecule has 0 saturated carbocycles. The number of rotatable bonds is 9. The highest BCUT2D eigenvalue weighted by Gasteiger charge is 2.43. The molecule has 0 aromatic heterocycles. The van der Waals surface area contributed by atoms with Gasteiger partial charge in [-0.3, -0.25) is 10.8 Å². The molecule has 0 aliphatic carbocycles. The summed E-state index contributed by atoms with van der Waals surface area (Å²) >= 11 is 0. The van der Waals surface area contributed by atoms with Crippen molar-refractivity contribution in [2.45, 2.75) is 18.6 Å². The van der Waals surface area contributed by atoms with E-state index in [4.69, 9.17) is 20.3 Å². The number of benzene rings is 3. The average molecular weight is 439 g/mol. The van der Waals surface area contributed by atoms with E-state index in [1.165, 1.54) is 12.1 Å². The normalized spacial score (nSPS) is 12.0. The predicted octanol–water partition coefficient (Wildman–Crippen LogP) is 3.97. The van der Waals surface area contributed by atoms with Crippen molar-refractivity contribution < 1.29 is 19.1 Å². The third kappa shape index (κ3) is 5.99. The average Bonchev–Trinajstić information content (AvgIpc) is 2.85. The van der Waals surface area contributed by atoms with Crippen molar-refractivity contribution in [3.8, 4) is 6.07 Å². The molecule has 0 radical (unpaired) electrons. The second-order valence-corrected chi connectivity index (χ2v) is 7.16. The summed E-state index contributed by atoms with van der Waals surface area (Å²) in [5.41, 5.74) is 0.695. The van der Waals surface area contributed by atoms with E-state index in [0.29, 0.717) is 11.1 Å². The van der Waals surface area contributed by atoms with Crippen LogP contribution in [0.25, 0.3) is 0 Å². The summed E-state index contributed by atoms with van der Waals surface area (Å²) in [4.78, 5) is 25.4. The Morgan fingerprint density at radius 2 is 1.06 bits per heavy atom. The zero-order chi connectivity index (χ0) is 23.7. The molecule has 3 aromatic rings. The maximum atomic E-state index is 12.7. The van der Waals surface area contributed by atoms with Crippen molar-refractivity contribution in [2.24, 2.45) is 0 Å². The van der Waals surface area contributed by atoms with Gasteiger partial charge in [0.2, 0.25) is 0 Å². The number of hydrogen-bond donors (Lipinski definition) is 2. The summed E-state index contributed by atoms with van der Waals surface area (Å²) in [5, 5.41) is 26.1. The summed E-state index contributed by atoms with van der Waals surface area (Å²) in [5.74, 6) is -4.65. The van der Waals surface area contributed by atoms with Crippen LogP contribution in [-0.2, 0) is 37.7 Å². The van der Waals surface area contributed by atoms with Gasteiger partial charge in [-0.05, 0) is 11.1 Å². The van der Waals surface area contributed by atoms with Gasteiger partial charge in [0.15, 0.2) is 6.07 Å². The van der Waals surface area contributed by atoms with Crippen LogP contribution in [-0.4, -0.2) is 23.4 Å². The molecule has 0 fully saturated rings. The Labute approximate surface area is 191 Å². The van der Waals surface area contributed by atoms with Crippen LogP contribution < -0.4 is 0 Å². The molecule has 3 aromatic carbocycles. The second kappa shape index (κ2) is 10.6. The highest BCUT2D eigenvalue weighted by molar-refractivity contribution is 6.36. The molecule has 33 heavy (non-hydrogen) atoms. The van der Waals surface area contributed by atoms with E-state index in [-0.39, 0.29) is 18.4 Å². The van der Waals surface area contributed by atoms with Gasteiger partial charge in [-0.2, -0.15) is 5.26 Å². The van der Waals surface area contributed by atoms with Gasteiger partial charge in [-0.1, -0.05) is 91.0 Å². The fourth-order valence-electron chi connectivity index (χ4n) is 3.04. The Kier molecular flexibility index (Phi) is 7.45. The number of ether oxygens (including phenoxy) is 2. The van der Waals surface area contributed by atoms with E-state index in [9.17, 15) is 14.9 Å². The standard InChI is InChI=1S/C26H21N3O4/c27-18-26(21-14-8-3-9-15-21,32-24(30)22(28)16-19-10-4-1-5-11-19)33-25(31)23(29)17-20-12-6-2-7-13-20/h1-15,28-29H,16-17H2. The van der Waals surface area contributed by atoms with Gasteiger partial charge in [0.25, 0.3) is 0 Å². The molecular formula is C26H21N3O4. The third-order valence-electron chi connectivity index (χ3n) is 4.71. The van der Waals surface area contributed by atoms with Crippen molar-refractivity contribution in [3.05, 3.63) is 108 Å². The number of nitrogens with zero attached hydrogens (tertiary/aromatic N) is 1. The van der Waals surface area contributed by atoms with Crippen molar-refractivity contribution in [1.82, 2.24) is 0 Å². The van der Waals surface area contributed by atoms with Gasteiger partial charge >= 0.3 is 17.7 Å². The van der Waals surface area contributed by atoms with E-state index < -0.39 is 29.1 Å². The number of nitrogens with one attached hydrogen (secondary N) is 2. The number of hydrogen-bond acceptors (Lipinski definition) is 7. The molecule has 0 spiro atoms. The molecule has 0 aliphatic heterocycles. The number of esters is 2. The summed E-state index contributed by atoms with van der Waals surface area (Å²) in [6.45, 7) is 0. The topological polar surface area (TPSA) is 124 Å². The first-order chi connectivity index (χ1) is 15.9. The van der Waals surface area contributed by atoms with E-state index in [1.54, 1.807) is 72.8 Å². The fourth-order valence-corrected chi connectivity index (χ4v) is 3.04. The predicted molar refractivity (Wildman–Crippen MR) is 122 cm³/mol. The Hall–Kier alpha value is -4.57. The summed E-state index contributed by atoms with van der Waals surface area (Å²) < 4.78 is 10.6. The van der Waals surface area contributed by atoms with Crippen LogP contribution in [0.1, 0.15) is 16.7 Å². The first-order valence-corrected chi connectivity index (χ1v) is 10.1. The van der Waals surface area contributed by atoms with Crippen LogP contribution in [0.15, 0.2) is 91.0 Å². The molecule has 0 heterocycles. The van der Waals surface area contributed by atoms with Crippen molar-refractivity contribution in [3.63, 3.8) is 0 Å². The molecule has 0 aliphatic rings. The van der Waals surface area contributed by atoms with E-state index in [1.807, 2.05) is 12.1 Å². The molecule has 3 rings (SSSR count). The monoisotopic (exact) mass is 439 g/mol. The zero-order valence-corrected chi connectivity index (χ0v) is 17.7. The highest BCUT2D eigenvalue weighted by atomic mass is 16.7. The van der Waals surface area contributed by atoms with E-state index in [0.717, 1.165) is 0 Å². The van der Waals surface area contributed by atoms with Crippen LogP contribution in [0.3, 0.4) is 0 Å². The van der Waals surface area contributed by atoms with Crippen LogP contribution >= 0.6 is 0 Å². The van der Waals surface area contributed by atoms with Gasteiger partial charge in [-0.15, -0.1) is 0 Å². The number of carbonyl (C=O) groups is 2. The van der Waals surface area contributed by atoms with Crippen molar-refractivity contribution >= 4 is 23.4 Å². The Morgan fingerprint density at radius 1 is 0.697 bits per heavy atom. The Bertz CT molecular complexity index is 1120. The van der Waals surface area contributed by atoms with Gasteiger partial charge in [0, 0.05) is 12.8 Å². The Morgan fingerprint density at radius 3 is 1.42 bits per heavy atom. The van der Waals surface area contributed by atoms with Crippen molar-refractivity contribution in [1.29, 1.82) is 16.1 Å². The summed E-state index contributed by atoms with van der Waals surface area (Å²) in [6.07, 6.45) is -0.0402. The van der Waals surface area contributed by atoms with E-state index >= 15 is 0 Å². The van der Waals surface area contributed by atoms with Crippen LogP contribution in [0.5, 0.6) is 0 Å². The smallest absolute Gasteiger partial charge is 0.374 e. The molecule has 0 bridgehead atoms. The molecule has 7 heteroatoms. The largest absolute Gasteiger partial charge is 0.401 e. The van der Waals surface area contributed by atoms with E-state index in [2.05, 4.69) is 0 Å². The molecule has 164 valence electrons. The van der Waals surface area contributed by atoms with Gasteiger partial charge < -0.3 is 9.47 Å². The number of nitriles is 1. The first-order valence-electron chi connectivity index (χ1n) is 10.1. The van der Waals surface area contributed by atoms with Gasteiger partial charge in [0.05, 0.1) is 5.56 Å². The van der Waals surface area contributed by atoms with Crippen molar-refractivity contribution in [2.75, 3.05) is 0 Å². The fraction of sp³-hybridized carbons (Fsp3) is 0.115. The molecule has 0 saturated heterocycles. The quantitative estimate of drug-likeness (QED) is 0.296. The lowest BCUT2D eigenvalue weighted by atomic mass is 10.1. The third-order valence-corrected chi connectivity index (χ3v) is 4.71. The van der Waals surface area contributed by atoms with Gasteiger partial charge in [0.1, 0.15) is 11.4 Å².